The van der Waals surface area contributed by atoms with Gasteiger partial charge in [0.2, 0.25) is 0 Å². The fraction of sp³-hybridized carbons (Fsp3) is 0.167. The first kappa shape index (κ1) is 20.5. The summed E-state index contributed by atoms with van der Waals surface area (Å²) < 4.78 is 33.4. The molecule has 158 valence electrons. The molecular weight excluding hydrogens is 402 g/mol. The summed E-state index contributed by atoms with van der Waals surface area (Å²) in [6, 6.07) is 14.0. The third-order valence-corrected chi connectivity index (χ3v) is 5.31. The number of fused-ring (bicyclic) bond motifs is 1. The zero-order chi connectivity index (χ0) is 22.1. The molecule has 1 heterocycles. The van der Waals surface area contributed by atoms with Crippen LogP contribution in [-0.2, 0) is 11.2 Å². The van der Waals surface area contributed by atoms with Crippen LogP contribution in [0.3, 0.4) is 0 Å². The number of nitrogens with one attached hydrogen (secondary N) is 1. The van der Waals surface area contributed by atoms with E-state index in [1.54, 1.807) is 24.1 Å². The van der Waals surface area contributed by atoms with Crippen molar-refractivity contribution in [3.05, 3.63) is 77.4 Å². The molecule has 4 rings (SSSR count). The number of nitrogens with zero attached hydrogens (tertiary/aromatic N) is 1. The summed E-state index contributed by atoms with van der Waals surface area (Å²) in [7, 11) is 1.72. The van der Waals surface area contributed by atoms with Crippen molar-refractivity contribution >= 4 is 23.2 Å². The van der Waals surface area contributed by atoms with Gasteiger partial charge >= 0.3 is 0 Å². The molecule has 0 saturated carbocycles. The van der Waals surface area contributed by atoms with Gasteiger partial charge in [-0.25, -0.2) is 8.78 Å². The van der Waals surface area contributed by atoms with Gasteiger partial charge in [0, 0.05) is 18.3 Å². The van der Waals surface area contributed by atoms with Gasteiger partial charge in [0.1, 0.15) is 22.9 Å². The lowest BCUT2D eigenvalue weighted by Crippen LogP contribution is -2.35. The minimum absolute atomic E-state index is 0.00245. The Bertz CT molecular complexity index is 1160. The Balaban J connectivity index is 1.62. The SMILES string of the molecule is CCc1c(-c2ccc(NC(=O)c3c(F)cccc3F)cc2)ccc2c1OCC(=O)N2C. The molecule has 1 aliphatic rings. The number of hydrogen-bond donors (Lipinski definition) is 1. The molecule has 0 unspecified atom stereocenters. The number of hydrogen-bond acceptors (Lipinski definition) is 3. The highest BCUT2D eigenvalue weighted by molar-refractivity contribution is 6.04. The van der Waals surface area contributed by atoms with Crippen LogP contribution in [0.25, 0.3) is 11.1 Å². The first-order valence-corrected chi connectivity index (χ1v) is 9.81. The van der Waals surface area contributed by atoms with Gasteiger partial charge in [-0.3, -0.25) is 9.59 Å². The molecule has 3 aromatic rings. The lowest BCUT2D eigenvalue weighted by atomic mass is 9.95. The van der Waals surface area contributed by atoms with Gasteiger partial charge in [-0.05, 0) is 47.9 Å². The summed E-state index contributed by atoms with van der Waals surface area (Å²) >= 11 is 0. The maximum absolute atomic E-state index is 13.8. The lowest BCUT2D eigenvalue weighted by Gasteiger charge is -2.28. The van der Waals surface area contributed by atoms with Gasteiger partial charge in [0.25, 0.3) is 11.8 Å². The van der Waals surface area contributed by atoms with Crippen LogP contribution in [0.5, 0.6) is 5.75 Å². The molecule has 0 atom stereocenters. The molecule has 7 heteroatoms. The Hall–Kier alpha value is -3.74. The molecule has 0 radical (unpaired) electrons. The predicted molar refractivity (Wildman–Crippen MR) is 114 cm³/mol. The van der Waals surface area contributed by atoms with Gasteiger partial charge in [-0.15, -0.1) is 0 Å². The third kappa shape index (κ3) is 3.74. The van der Waals surface area contributed by atoms with E-state index in [0.717, 1.165) is 34.5 Å². The first-order chi connectivity index (χ1) is 14.9. The smallest absolute Gasteiger partial charge is 0.264 e. The van der Waals surface area contributed by atoms with Crippen LogP contribution in [0.2, 0.25) is 0 Å². The Morgan fingerprint density at radius 3 is 2.39 bits per heavy atom. The highest BCUT2D eigenvalue weighted by atomic mass is 19.1. The van der Waals surface area contributed by atoms with Crippen molar-refractivity contribution in [1.29, 1.82) is 0 Å². The van der Waals surface area contributed by atoms with E-state index in [1.807, 2.05) is 31.2 Å². The van der Waals surface area contributed by atoms with E-state index in [4.69, 9.17) is 4.74 Å². The van der Waals surface area contributed by atoms with E-state index in [0.29, 0.717) is 17.9 Å². The number of anilines is 2. The number of carbonyl (C=O) groups excluding carboxylic acids is 2. The van der Waals surface area contributed by atoms with E-state index in [2.05, 4.69) is 5.32 Å². The Kier molecular flexibility index (Phi) is 5.42. The molecule has 1 N–H and O–H groups in total. The molecule has 0 spiro atoms. The number of likely N-dealkylation sites (N-methyl/N-ethyl adjacent to an activating group) is 1. The van der Waals surface area contributed by atoms with Crippen LogP contribution in [0.4, 0.5) is 20.2 Å². The highest BCUT2D eigenvalue weighted by Crippen LogP contribution is 2.40. The summed E-state index contributed by atoms with van der Waals surface area (Å²) in [5.41, 5.74) is 3.33. The molecule has 0 saturated heterocycles. The van der Waals surface area contributed by atoms with Gasteiger partial charge in [0.05, 0.1) is 5.69 Å². The van der Waals surface area contributed by atoms with E-state index in [1.165, 1.54) is 6.07 Å². The third-order valence-electron chi connectivity index (χ3n) is 5.31. The molecule has 0 aromatic heterocycles. The van der Waals surface area contributed by atoms with Gasteiger partial charge in [-0.1, -0.05) is 31.2 Å². The molecular formula is C24H20F2N2O3. The topological polar surface area (TPSA) is 58.6 Å². The number of halogens is 2. The van der Waals surface area contributed by atoms with Crippen LogP contribution in [-0.4, -0.2) is 25.5 Å². The summed E-state index contributed by atoms with van der Waals surface area (Å²) in [4.78, 5) is 25.8. The number of rotatable bonds is 4. The Morgan fingerprint density at radius 2 is 1.74 bits per heavy atom. The Morgan fingerprint density at radius 1 is 1.06 bits per heavy atom. The standard InChI is InChI=1S/C24H20F2N2O3/c1-3-16-17(11-12-20-23(16)31-13-21(29)28(20)2)14-7-9-15(10-8-14)27-24(30)22-18(25)5-4-6-19(22)26/h4-12H,3,13H2,1-2H3,(H,27,30). The minimum Gasteiger partial charge on any atom is -0.481 e. The van der Waals surface area contributed by atoms with Crippen LogP contribution >= 0.6 is 0 Å². The molecule has 3 aromatic carbocycles. The number of carbonyl (C=O) groups is 2. The fourth-order valence-corrected chi connectivity index (χ4v) is 3.67. The predicted octanol–water partition coefficient (Wildman–Crippen LogP) is 4.80. The van der Waals surface area contributed by atoms with Crippen molar-refractivity contribution < 1.29 is 23.1 Å². The largest absolute Gasteiger partial charge is 0.481 e. The second-order valence-electron chi connectivity index (χ2n) is 7.16. The minimum atomic E-state index is -0.917. The van der Waals surface area contributed by atoms with Crippen molar-refractivity contribution in [1.82, 2.24) is 0 Å². The normalized spacial score (nSPS) is 12.9. The second-order valence-corrected chi connectivity index (χ2v) is 7.16. The van der Waals surface area contributed by atoms with E-state index in [-0.39, 0.29) is 12.5 Å². The highest BCUT2D eigenvalue weighted by Gasteiger charge is 2.26. The van der Waals surface area contributed by atoms with Crippen molar-refractivity contribution in [2.75, 3.05) is 23.9 Å². The van der Waals surface area contributed by atoms with E-state index in [9.17, 15) is 18.4 Å². The van der Waals surface area contributed by atoms with Gasteiger partial charge in [0.15, 0.2) is 6.61 Å². The molecule has 5 nitrogen and oxygen atoms in total. The molecule has 2 amide bonds. The van der Waals surface area contributed by atoms with Crippen molar-refractivity contribution in [2.24, 2.45) is 0 Å². The van der Waals surface area contributed by atoms with Crippen LogP contribution in [0.1, 0.15) is 22.8 Å². The van der Waals surface area contributed by atoms with Crippen LogP contribution in [0.15, 0.2) is 54.6 Å². The zero-order valence-corrected chi connectivity index (χ0v) is 17.0. The van der Waals surface area contributed by atoms with E-state index >= 15 is 0 Å². The Labute approximate surface area is 178 Å². The second kappa shape index (κ2) is 8.18. The molecule has 0 fully saturated rings. The molecule has 1 aliphatic heterocycles. The van der Waals surface area contributed by atoms with Crippen molar-refractivity contribution in [3.63, 3.8) is 0 Å². The van der Waals surface area contributed by atoms with Crippen LogP contribution < -0.4 is 15.0 Å². The molecule has 0 bridgehead atoms. The number of amides is 2. The first-order valence-electron chi connectivity index (χ1n) is 9.81. The number of ether oxygens (including phenoxy) is 1. The monoisotopic (exact) mass is 422 g/mol. The summed E-state index contributed by atoms with van der Waals surface area (Å²) in [6.45, 7) is 2.01. The van der Waals surface area contributed by atoms with E-state index < -0.39 is 23.1 Å². The average Bonchev–Trinajstić information content (AvgIpc) is 2.76. The number of benzene rings is 3. The quantitative estimate of drug-likeness (QED) is 0.657. The van der Waals surface area contributed by atoms with Crippen molar-refractivity contribution in [3.8, 4) is 16.9 Å². The van der Waals surface area contributed by atoms with Gasteiger partial charge < -0.3 is 15.0 Å². The summed E-state index contributed by atoms with van der Waals surface area (Å²) in [5, 5.41) is 2.52. The molecule has 0 aliphatic carbocycles. The van der Waals surface area contributed by atoms with Gasteiger partial charge in [-0.2, -0.15) is 0 Å². The zero-order valence-electron chi connectivity index (χ0n) is 17.0. The lowest BCUT2D eigenvalue weighted by molar-refractivity contribution is -0.121. The average molecular weight is 422 g/mol. The summed E-state index contributed by atoms with van der Waals surface area (Å²) in [6.07, 6.45) is 0.700. The maximum Gasteiger partial charge on any atom is 0.264 e. The molecule has 31 heavy (non-hydrogen) atoms. The van der Waals surface area contributed by atoms with Crippen LogP contribution in [0, 0.1) is 11.6 Å². The fourth-order valence-electron chi connectivity index (χ4n) is 3.67. The summed E-state index contributed by atoms with van der Waals surface area (Å²) in [5.74, 6) is -2.10. The maximum atomic E-state index is 13.8. The van der Waals surface area contributed by atoms with Crippen molar-refractivity contribution in [2.45, 2.75) is 13.3 Å².